The number of hydrogen-bond acceptors (Lipinski definition) is 7. The van der Waals surface area contributed by atoms with Crippen LogP contribution < -0.4 is 11.1 Å². The van der Waals surface area contributed by atoms with Gasteiger partial charge >= 0.3 is 11.9 Å². The van der Waals surface area contributed by atoms with Crippen molar-refractivity contribution in [2.45, 2.75) is 18.3 Å². The molecule has 31 heavy (non-hydrogen) atoms. The molecule has 2 aliphatic heterocycles. The highest BCUT2D eigenvalue weighted by molar-refractivity contribution is 8.00. The predicted molar refractivity (Wildman–Crippen MR) is 116 cm³/mol. The highest BCUT2D eigenvalue weighted by Gasteiger charge is 2.58. The van der Waals surface area contributed by atoms with Crippen molar-refractivity contribution in [3.05, 3.63) is 34.3 Å². The van der Waals surface area contributed by atoms with E-state index in [9.17, 15) is 24.3 Å². The number of halogens is 2. The number of anilines is 1. The molecule has 9 nitrogen and oxygen atoms in total. The number of esters is 1. The number of nitrogens with zero attached hydrogens (tertiary/aromatic N) is 1. The number of rotatable bonds is 6. The van der Waals surface area contributed by atoms with Gasteiger partial charge in [0.25, 0.3) is 5.91 Å². The molecule has 2 saturated heterocycles. The largest absolute Gasteiger partial charge is 0.481 e. The molecule has 2 unspecified atom stereocenters. The van der Waals surface area contributed by atoms with Crippen LogP contribution in [0.4, 0.5) is 5.69 Å². The van der Waals surface area contributed by atoms with Gasteiger partial charge in [-0.15, -0.1) is 11.8 Å². The van der Waals surface area contributed by atoms with E-state index in [2.05, 4.69) is 5.32 Å². The number of β-lactam (4-membered cyclic amide) rings is 1. The maximum Gasteiger partial charge on any atom is 0.315 e. The van der Waals surface area contributed by atoms with Gasteiger partial charge in [0.15, 0.2) is 0 Å². The third-order valence-corrected chi connectivity index (χ3v) is 7.02. The number of carbonyl (C=O) groups is 4. The fourth-order valence-electron chi connectivity index (χ4n) is 3.33. The molecular formula is C19H19Cl2N3O6S. The molecule has 0 radical (unpaired) electrons. The lowest BCUT2D eigenvalue weighted by Gasteiger charge is -2.53. The predicted octanol–water partition coefficient (Wildman–Crippen LogP) is 1.45. The molecule has 1 aromatic carbocycles. The van der Waals surface area contributed by atoms with E-state index in [1.807, 2.05) is 0 Å². The van der Waals surface area contributed by atoms with E-state index in [1.54, 1.807) is 24.3 Å². The van der Waals surface area contributed by atoms with Gasteiger partial charge in [-0.05, 0) is 17.7 Å². The second-order valence-electron chi connectivity index (χ2n) is 7.24. The summed E-state index contributed by atoms with van der Waals surface area (Å²) in [7, 11) is 0. The van der Waals surface area contributed by atoms with Crippen molar-refractivity contribution in [1.82, 2.24) is 10.2 Å². The second kappa shape index (κ2) is 8.97. The van der Waals surface area contributed by atoms with Gasteiger partial charge in [-0.1, -0.05) is 35.3 Å². The van der Waals surface area contributed by atoms with Gasteiger partial charge in [0, 0.05) is 24.9 Å². The number of benzene rings is 1. The van der Waals surface area contributed by atoms with Crippen LogP contribution in [0.5, 0.6) is 0 Å². The monoisotopic (exact) mass is 487 g/mol. The molecule has 2 amide bonds. The van der Waals surface area contributed by atoms with E-state index in [-0.39, 0.29) is 29.0 Å². The van der Waals surface area contributed by atoms with Crippen LogP contribution in [-0.4, -0.2) is 64.1 Å². The number of nitrogen functional groups attached to an aromatic ring is 1. The molecule has 0 saturated carbocycles. The van der Waals surface area contributed by atoms with Crippen molar-refractivity contribution in [3.63, 3.8) is 0 Å². The number of nitrogens with one attached hydrogen (secondary N) is 1. The smallest absolute Gasteiger partial charge is 0.315 e. The summed E-state index contributed by atoms with van der Waals surface area (Å²) in [5.74, 6) is -2.75. The van der Waals surface area contributed by atoms with Crippen molar-refractivity contribution in [3.8, 4) is 0 Å². The summed E-state index contributed by atoms with van der Waals surface area (Å²) in [6, 6.07) is 5.46. The molecule has 3 rings (SSSR count). The lowest BCUT2D eigenvalue weighted by atomic mass is 9.88. The van der Waals surface area contributed by atoms with Crippen LogP contribution in [0.15, 0.2) is 28.8 Å². The van der Waals surface area contributed by atoms with Crippen LogP contribution in [0.1, 0.15) is 12.5 Å². The molecule has 2 heterocycles. The summed E-state index contributed by atoms with van der Waals surface area (Å²) in [6.45, 7) is 0.711. The average Bonchev–Trinajstić information content (AvgIpc) is 2.71. The Hall–Kier alpha value is -2.43. The van der Waals surface area contributed by atoms with Crippen molar-refractivity contribution in [2.24, 2.45) is 5.41 Å². The minimum absolute atomic E-state index is 0.00914. The van der Waals surface area contributed by atoms with Crippen molar-refractivity contribution in [2.75, 3.05) is 24.6 Å². The summed E-state index contributed by atoms with van der Waals surface area (Å²) in [5.41, 5.74) is 5.16. The number of thioether (sulfide) groups is 1. The lowest BCUT2D eigenvalue weighted by Crippen LogP contribution is -2.74. The Morgan fingerprint density at radius 1 is 1.32 bits per heavy atom. The van der Waals surface area contributed by atoms with Gasteiger partial charge in [0.2, 0.25) is 5.91 Å². The average molecular weight is 488 g/mol. The van der Waals surface area contributed by atoms with E-state index in [0.29, 0.717) is 11.3 Å². The summed E-state index contributed by atoms with van der Waals surface area (Å²) in [6.07, 6.45) is 0. The van der Waals surface area contributed by atoms with E-state index in [0.717, 1.165) is 0 Å². The molecule has 0 aliphatic carbocycles. The molecule has 4 N–H and O–H groups in total. The van der Waals surface area contributed by atoms with Crippen LogP contribution in [-0.2, 0) is 23.9 Å². The summed E-state index contributed by atoms with van der Waals surface area (Å²) in [4.78, 5) is 49.8. The summed E-state index contributed by atoms with van der Waals surface area (Å²) in [5, 5.41) is 11.8. The molecular weight excluding hydrogens is 469 g/mol. The van der Waals surface area contributed by atoms with Gasteiger partial charge < -0.3 is 25.8 Å². The van der Waals surface area contributed by atoms with E-state index < -0.39 is 40.6 Å². The normalized spacial score (nSPS) is 24.5. The third kappa shape index (κ3) is 4.60. The molecule has 1 aromatic rings. The Morgan fingerprint density at radius 2 is 1.97 bits per heavy atom. The second-order valence-corrected chi connectivity index (χ2v) is 9.30. The molecule has 2 fully saturated rings. The van der Waals surface area contributed by atoms with Gasteiger partial charge in [-0.3, -0.25) is 19.2 Å². The number of aliphatic carboxylic acids is 1. The number of nitrogens with two attached hydrogens (primary N) is 1. The quantitative estimate of drug-likeness (QED) is 0.237. The highest BCUT2D eigenvalue weighted by atomic mass is 35.5. The van der Waals surface area contributed by atoms with Crippen LogP contribution >= 0.6 is 35.0 Å². The fraction of sp³-hybridized carbons (Fsp3) is 0.368. The molecule has 2 aliphatic rings. The highest BCUT2D eigenvalue weighted by Crippen LogP contribution is 2.42. The van der Waals surface area contributed by atoms with Crippen LogP contribution in [0.3, 0.4) is 0 Å². The summed E-state index contributed by atoms with van der Waals surface area (Å²) < 4.78 is 4.64. The number of hydrogen-bond donors (Lipinski definition) is 3. The summed E-state index contributed by atoms with van der Waals surface area (Å²) >= 11 is 13.0. The maximum absolute atomic E-state index is 12.8. The first-order valence-corrected chi connectivity index (χ1v) is 10.9. The zero-order valence-corrected chi connectivity index (χ0v) is 18.6. The number of fused-ring (bicyclic) bond motifs is 1. The first-order chi connectivity index (χ1) is 14.6. The molecule has 12 heteroatoms. The topological polar surface area (TPSA) is 139 Å². The Balaban J connectivity index is 1.72. The first kappa shape index (κ1) is 23.2. The minimum atomic E-state index is -1.41. The number of carboxylic acid groups (broad SMARTS) is 1. The molecule has 3 atom stereocenters. The number of ether oxygens (including phenoxy) is 1. The first-order valence-electron chi connectivity index (χ1n) is 9.06. The number of carbonyl (C=O) groups excluding carboxylic acids is 3. The fourth-order valence-corrected chi connectivity index (χ4v) is 5.25. The Labute approximate surface area is 191 Å². The Kier molecular flexibility index (Phi) is 6.73. The van der Waals surface area contributed by atoms with Gasteiger partial charge in [0.1, 0.15) is 27.9 Å². The minimum Gasteiger partial charge on any atom is -0.481 e. The SMILES string of the molecule is CC(=O)OCC1(C(=O)O)CS[C@@H]2C(NC(=O)C(=C(Cl)Cl)c3ccc(N)cc3)C(=O)N2C1. The van der Waals surface area contributed by atoms with Gasteiger partial charge in [-0.2, -0.15) is 0 Å². The number of carboxylic acids is 1. The zero-order valence-electron chi connectivity index (χ0n) is 16.3. The standard InChI is InChI=1S/C19H19Cl2N3O6S/c1-9(25)30-7-19(18(28)29)6-24-16(27)13(17(24)31-8-19)23-15(26)12(14(20)21)10-2-4-11(22)5-3-10/h2-5,13,17H,6-8,22H2,1H3,(H,23,26)(H,28,29)/t13?,17-,19?/m1/s1. The maximum atomic E-state index is 12.8. The van der Waals surface area contributed by atoms with Gasteiger partial charge in [-0.25, -0.2) is 0 Å². The van der Waals surface area contributed by atoms with E-state index >= 15 is 0 Å². The Bertz CT molecular complexity index is 966. The third-order valence-electron chi connectivity index (χ3n) is 5.05. The van der Waals surface area contributed by atoms with Crippen LogP contribution in [0.25, 0.3) is 5.57 Å². The van der Waals surface area contributed by atoms with E-state index in [1.165, 1.54) is 23.6 Å². The van der Waals surface area contributed by atoms with Crippen LogP contribution in [0.2, 0.25) is 0 Å². The Morgan fingerprint density at radius 3 is 2.52 bits per heavy atom. The molecule has 0 bridgehead atoms. The van der Waals surface area contributed by atoms with Crippen molar-refractivity contribution < 1.29 is 29.0 Å². The molecule has 166 valence electrons. The van der Waals surface area contributed by atoms with Gasteiger partial charge in [0.05, 0.1) is 5.57 Å². The molecule has 0 spiro atoms. The molecule has 0 aromatic heterocycles. The lowest BCUT2D eigenvalue weighted by molar-refractivity contribution is -0.164. The van der Waals surface area contributed by atoms with Crippen molar-refractivity contribution in [1.29, 1.82) is 0 Å². The van der Waals surface area contributed by atoms with Crippen molar-refractivity contribution >= 4 is 70.0 Å². The zero-order chi connectivity index (χ0) is 22.9. The van der Waals surface area contributed by atoms with E-state index in [4.69, 9.17) is 33.7 Å². The number of amides is 2. The van der Waals surface area contributed by atoms with Crippen LogP contribution in [0, 0.1) is 5.41 Å².